The number of fused-ring (bicyclic) bond motifs is 1. The second-order valence-corrected chi connectivity index (χ2v) is 6.83. The Bertz CT molecular complexity index is 731. The van der Waals surface area contributed by atoms with Crippen LogP contribution >= 0.6 is 0 Å². The summed E-state index contributed by atoms with van der Waals surface area (Å²) in [6, 6.07) is 6.31. The second-order valence-electron chi connectivity index (χ2n) is 6.83. The van der Waals surface area contributed by atoms with Crippen LogP contribution in [-0.4, -0.2) is 47.6 Å². The van der Waals surface area contributed by atoms with Gasteiger partial charge in [0.05, 0.1) is 13.1 Å². The quantitative estimate of drug-likeness (QED) is 0.772. The number of carbonyl (C=O) groups is 1. The molecule has 1 aliphatic rings. The standard InChI is InChI=1S/C19H29N5O/c1-3-23-14-24(4-2)18-13-15(5-6-17(18)23)19(25)21-9-12-22-10-7-16(20)8-11-22/h5-6,13-14,16H,3-4,7-12,20H2,1-2H3/p+1. The number of carbonyl (C=O) groups excluding carboxylic acids is 1. The Balaban J connectivity index is 1.62. The number of rotatable bonds is 6. The topological polar surface area (TPSA) is 67.2 Å². The number of likely N-dealkylation sites (tertiary alicyclic amines) is 1. The lowest BCUT2D eigenvalue weighted by atomic mass is 10.1. The molecule has 1 fully saturated rings. The highest BCUT2D eigenvalue weighted by Crippen LogP contribution is 2.14. The van der Waals surface area contributed by atoms with Crippen LogP contribution in [-0.2, 0) is 13.1 Å². The van der Waals surface area contributed by atoms with E-state index in [4.69, 9.17) is 5.73 Å². The summed E-state index contributed by atoms with van der Waals surface area (Å²) in [6.07, 6.45) is 4.22. The van der Waals surface area contributed by atoms with Crippen molar-refractivity contribution < 1.29 is 9.36 Å². The molecule has 1 aromatic heterocycles. The average Bonchev–Trinajstić information content (AvgIpc) is 3.00. The van der Waals surface area contributed by atoms with Gasteiger partial charge in [-0.25, -0.2) is 9.13 Å². The van der Waals surface area contributed by atoms with E-state index in [-0.39, 0.29) is 5.91 Å². The van der Waals surface area contributed by atoms with Crippen molar-refractivity contribution in [3.05, 3.63) is 30.1 Å². The summed E-state index contributed by atoms with van der Waals surface area (Å²) in [5, 5.41) is 3.05. The predicted octanol–water partition coefficient (Wildman–Crippen LogP) is 1.12. The normalized spacial score (nSPS) is 16.4. The van der Waals surface area contributed by atoms with Gasteiger partial charge in [0.1, 0.15) is 0 Å². The summed E-state index contributed by atoms with van der Waals surface area (Å²) in [5.74, 6) is 0.00233. The van der Waals surface area contributed by atoms with E-state index in [1.54, 1.807) is 0 Å². The number of piperidine rings is 1. The van der Waals surface area contributed by atoms with Gasteiger partial charge in [-0.05, 0) is 51.9 Å². The van der Waals surface area contributed by atoms with Crippen LogP contribution in [0.5, 0.6) is 0 Å². The Morgan fingerprint density at radius 3 is 2.76 bits per heavy atom. The number of nitrogens with one attached hydrogen (secondary N) is 1. The minimum Gasteiger partial charge on any atom is -0.351 e. The molecule has 1 amide bonds. The highest BCUT2D eigenvalue weighted by atomic mass is 16.1. The third kappa shape index (κ3) is 4.02. The molecule has 1 aromatic carbocycles. The van der Waals surface area contributed by atoms with E-state index in [2.05, 4.69) is 39.5 Å². The van der Waals surface area contributed by atoms with E-state index in [9.17, 15) is 4.79 Å². The number of hydrogen-bond acceptors (Lipinski definition) is 3. The van der Waals surface area contributed by atoms with Gasteiger partial charge < -0.3 is 16.0 Å². The zero-order valence-electron chi connectivity index (χ0n) is 15.4. The minimum absolute atomic E-state index is 0.00233. The Labute approximate surface area is 149 Å². The molecule has 1 saturated heterocycles. The fourth-order valence-electron chi connectivity index (χ4n) is 3.54. The van der Waals surface area contributed by atoms with Gasteiger partial charge in [-0.15, -0.1) is 0 Å². The molecule has 136 valence electrons. The zero-order chi connectivity index (χ0) is 17.8. The van der Waals surface area contributed by atoms with Crippen LogP contribution in [0.3, 0.4) is 0 Å². The Morgan fingerprint density at radius 1 is 1.32 bits per heavy atom. The van der Waals surface area contributed by atoms with E-state index in [1.165, 1.54) is 5.52 Å². The molecule has 0 radical (unpaired) electrons. The third-order valence-corrected chi connectivity index (χ3v) is 5.16. The summed E-state index contributed by atoms with van der Waals surface area (Å²) in [5.41, 5.74) is 8.94. The van der Waals surface area contributed by atoms with Gasteiger partial charge in [-0.2, -0.15) is 0 Å². The summed E-state index contributed by atoms with van der Waals surface area (Å²) >= 11 is 0. The van der Waals surface area contributed by atoms with Gasteiger partial charge in [-0.1, -0.05) is 0 Å². The fourth-order valence-corrected chi connectivity index (χ4v) is 3.54. The number of imidazole rings is 1. The van der Waals surface area contributed by atoms with Gasteiger partial charge in [0, 0.05) is 30.8 Å². The zero-order valence-corrected chi connectivity index (χ0v) is 15.4. The van der Waals surface area contributed by atoms with E-state index in [0.29, 0.717) is 12.6 Å². The summed E-state index contributed by atoms with van der Waals surface area (Å²) in [6.45, 7) is 9.70. The Hall–Kier alpha value is -1.92. The first kappa shape index (κ1) is 17.9. The minimum atomic E-state index is 0.00233. The molecule has 0 spiro atoms. The fraction of sp³-hybridized carbons (Fsp3) is 0.579. The largest absolute Gasteiger partial charge is 0.351 e. The number of benzene rings is 1. The summed E-state index contributed by atoms with van der Waals surface area (Å²) in [4.78, 5) is 14.9. The molecule has 6 heteroatoms. The highest BCUT2D eigenvalue weighted by molar-refractivity contribution is 5.97. The number of hydrogen-bond donors (Lipinski definition) is 2. The number of aromatic nitrogens is 2. The van der Waals surface area contributed by atoms with Crippen LogP contribution in [0.1, 0.15) is 37.0 Å². The van der Waals surface area contributed by atoms with Crippen molar-refractivity contribution in [2.75, 3.05) is 26.2 Å². The first-order chi connectivity index (χ1) is 12.1. The van der Waals surface area contributed by atoms with Crippen molar-refractivity contribution in [2.45, 2.75) is 45.8 Å². The molecule has 1 aliphatic heterocycles. The lowest BCUT2D eigenvalue weighted by Gasteiger charge is -2.29. The van der Waals surface area contributed by atoms with Crippen molar-refractivity contribution in [3.8, 4) is 0 Å². The highest BCUT2D eigenvalue weighted by Gasteiger charge is 2.18. The third-order valence-electron chi connectivity index (χ3n) is 5.16. The van der Waals surface area contributed by atoms with Crippen LogP contribution in [0.2, 0.25) is 0 Å². The van der Waals surface area contributed by atoms with Crippen molar-refractivity contribution in [3.63, 3.8) is 0 Å². The average molecular weight is 344 g/mol. The lowest BCUT2D eigenvalue weighted by Crippen LogP contribution is -2.43. The smallest absolute Gasteiger partial charge is 0.251 e. The molecule has 3 rings (SSSR count). The van der Waals surface area contributed by atoms with Crippen LogP contribution in [0.25, 0.3) is 11.0 Å². The molecule has 0 bridgehead atoms. The first-order valence-corrected chi connectivity index (χ1v) is 9.40. The van der Waals surface area contributed by atoms with Crippen LogP contribution in [0.15, 0.2) is 24.5 Å². The summed E-state index contributed by atoms with van der Waals surface area (Å²) < 4.78 is 4.40. The van der Waals surface area contributed by atoms with Gasteiger partial charge >= 0.3 is 0 Å². The van der Waals surface area contributed by atoms with Gasteiger partial charge in [-0.3, -0.25) is 4.79 Å². The van der Waals surface area contributed by atoms with Crippen molar-refractivity contribution >= 4 is 16.9 Å². The van der Waals surface area contributed by atoms with Crippen molar-refractivity contribution in [2.24, 2.45) is 5.73 Å². The monoisotopic (exact) mass is 344 g/mol. The van der Waals surface area contributed by atoms with Gasteiger partial charge in [0.2, 0.25) is 6.33 Å². The molecule has 0 aliphatic carbocycles. The van der Waals surface area contributed by atoms with Gasteiger partial charge in [0.25, 0.3) is 5.91 Å². The molecular formula is C19H30N5O+. The van der Waals surface area contributed by atoms with Crippen molar-refractivity contribution in [1.82, 2.24) is 14.8 Å². The predicted molar refractivity (Wildman–Crippen MR) is 99.5 cm³/mol. The van der Waals surface area contributed by atoms with Gasteiger partial charge in [0.15, 0.2) is 11.0 Å². The van der Waals surface area contributed by atoms with Crippen molar-refractivity contribution in [1.29, 1.82) is 0 Å². The number of aryl methyl sites for hydroxylation is 2. The maximum Gasteiger partial charge on any atom is 0.251 e. The molecule has 0 atom stereocenters. The van der Waals surface area contributed by atoms with E-state index in [0.717, 1.165) is 56.6 Å². The number of nitrogens with two attached hydrogens (primary N) is 1. The summed E-state index contributed by atoms with van der Waals surface area (Å²) in [7, 11) is 0. The molecule has 0 unspecified atom stereocenters. The van der Waals surface area contributed by atoms with E-state index < -0.39 is 0 Å². The van der Waals surface area contributed by atoms with Crippen LogP contribution in [0.4, 0.5) is 0 Å². The van der Waals surface area contributed by atoms with Crippen LogP contribution in [0, 0.1) is 0 Å². The number of nitrogens with zero attached hydrogens (tertiary/aromatic N) is 3. The molecule has 3 N–H and O–H groups in total. The number of amides is 1. The maximum atomic E-state index is 12.5. The molecule has 2 heterocycles. The maximum absolute atomic E-state index is 12.5. The molecule has 0 saturated carbocycles. The molecule has 25 heavy (non-hydrogen) atoms. The molecule has 2 aromatic rings. The molecule has 6 nitrogen and oxygen atoms in total. The second kappa shape index (κ2) is 7.97. The lowest BCUT2D eigenvalue weighted by molar-refractivity contribution is -0.668. The van der Waals surface area contributed by atoms with E-state index >= 15 is 0 Å². The Morgan fingerprint density at radius 2 is 2.08 bits per heavy atom. The molecular weight excluding hydrogens is 314 g/mol. The van der Waals surface area contributed by atoms with Crippen LogP contribution < -0.4 is 15.6 Å². The SMILES string of the molecule is CCn1c[n+](CC)c2ccc(C(=O)NCCN3CCC(N)CC3)cc21. The first-order valence-electron chi connectivity index (χ1n) is 9.40. The van der Waals surface area contributed by atoms with E-state index in [1.807, 2.05) is 18.2 Å². The Kier molecular flexibility index (Phi) is 5.71.